The smallest absolute Gasteiger partial charge is 0.205 e. The zero-order valence-electron chi connectivity index (χ0n) is 23.0. The number of benzene rings is 3. The minimum Gasteiger partial charge on any atom is -0.305 e. The Balaban J connectivity index is 1.28. The second-order valence-corrected chi connectivity index (χ2v) is 10.7. The fraction of sp³-hybridized carbons (Fsp3) is 0.242. The van der Waals surface area contributed by atoms with E-state index in [9.17, 15) is 0 Å². The number of alkyl halides is 1. The van der Waals surface area contributed by atoms with Crippen LogP contribution in [0.3, 0.4) is 0 Å². The molecule has 0 bridgehead atoms. The molecule has 0 spiro atoms. The van der Waals surface area contributed by atoms with Crippen molar-refractivity contribution in [2.75, 3.05) is 0 Å². The van der Waals surface area contributed by atoms with Gasteiger partial charge in [0.25, 0.3) is 0 Å². The van der Waals surface area contributed by atoms with Gasteiger partial charge in [0.1, 0.15) is 17.5 Å². The monoisotopic (exact) mass is 543 g/mol. The minimum atomic E-state index is -1.19. The van der Waals surface area contributed by atoms with Crippen LogP contribution in [0.25, 0.3) is 33.7 Å². The van der Waals surface area contributed by atoms with Gasteiger partial charge in [-0.15, -0.1) is 10.2 Å². The van der Waals surface area contributed by atoms with Crippen molar-refractivity contribution in [3.63, 3.8) is 0 Å². The lowest BCUT2D eigenvalue weighted by atomic mass is 9.96. The first-order chi connectivity index (χ1) is 20.1. The van der Waals surface area contributed by atoms with E-state index in [-0.39, 0.29) is 6.04 Å². The summed E-state index contributed by atoms with van der Waals surface area (Å²) in [5, 5.41) is 14.7. The van der Waals surface area contributed by atoms with E-state index >= 15 is 4.39 Å². The summed E-state index contributed by atoms with van der Waals surface area (Å²) in [5.74, 6) is 1.56. The number of aromatic amines is 1. The van der Waals surface area contributed by atoms with Crippen LogP contribution in [0, 0.1) is 6.92 Å². The van der Waals surface area contributed by atoms with E-state index in [1.54, 1.807) is 0 Å². The zero-order chi connectivity index (χ0) is 27.9. The van der Waals surface area contributed by atoms with Crippen molar-refractivity contribution >= 4 is 11.2 Å². The van der Waals surface area contributed by atoms with Gasteiger partial charge in [-0.05, 0) is 64.4 Å². The Morgan fingerprint density at radius 1 is 0.976 bits per heavy atom. The van der Waals surface area contributed by atoms with E-state index in [1.165, 1.54) is 11.1 Å². The first-order valence-electron chi connectivity index (χ1n) is 14.1. The lowest BCUT2D eigenvalue weighted by Crippen LogP contribution is -2.12. The van der Waals surface area contributed by atoms with Gasteiger partial charge in [0.2, 0.25) is 5.82 Å². The molecule has 1 unspecified atom stereocenters. The van der Waals surface area contributed by atoms with Crippen LogP contribution in [-0.2, 0) is 19.3 Å². The summed E-state index contributed by atoms with van der Waals surface area (Å²) in [6.07, 6.45) is 1.77. The maximum absolute atomic E-state index is 15.6. The summed E-state index contributed by atoms with van der Waals surface area (Å²) in [4.78, 5) is 9.92. The van der Waals surface area contributed by atoms with Gasteiger partial charge in [0.15, 0.2) is 5.65 Å². The van der Waals surface area contributed by atoms with Crippen molar-refractivity contribution in [3.05, 3.63) is 113 Å². The van der Waals surface area contributed by atoms with Crippen LogP contribution < -0.4 is 0 Å². The van der Waals surface area contributed by atoms with Crippen molar-refractivity contribution in [1.82, 2.24) is 35.2 Å². The lowest BCUT2D eigenvalue weighted by molar-refractivity contribution is 0.334. The first-order valence-corrected chi connectivity index (χ1v) is 14.1. The van der Waals surface area contributed by atoms with Crippen molar-refractivity contribution in [2.45, 2.75) is 51.7 Å². The van der Waals surface area contributed by atoms with E-state index in [0.29, 0.717) is 17.9 Å². The third kappa shape index (κ3) is 4.49. The Morgan fingerprint density at radius 2 is 1.78 bits per heavy atom. The molecule has 0 amide bonds. The highest BCUT2D eigenvalue weighted by Gasteiger charge is 2.29. The highest BCUT2D eigenvalue weighted by atomic mass is 19.1. The van der Waals surface area contributed by atoms with E-state index < -0.39 is 6.17 Å². The third-order valence-electron chi connectivity index (χ3n) is 8.15. The Hall–Kier alpha value is -4.72. The van der Waals surface area contributed by atoms with Crippen LogP contribution >= 0.6 is 0 Å². The van der Waals surface area contributed by atoms with Gasteiger partial charge >= 0.3 is 0 Å². The van der Waals surface area contributed by atoms with Crippen molar-refractivity contribution in [1.29, 1.82) is 0 Å². The Morgan fingerprint density at radius 3 is 2.56 bits per heavy atom. The van der Waals surface area contributed by atoms with E-state index in [1.807, 2.05) is 61.5 Å². The number of rotatable bonds is 7. The van der Waals surface area contributed by atoms with Crippen LogP contribution in [0.1, 0.15) is 59.3 Å². The number of tetrazole rings is 1. The third-order valence-corrected chi connectivity index (χ3v) is 8.15. The number of aryl methyl sites for hydroxylation is 3. The molecule has 0 saturated heterocycles. The largest absolute Gasteiger partial charge is 0.305 e. The fourth-order valence-corrected chi connectivity index (χ4v) is 6.18. The lowest BCUT2D eigenvalue weighted by Gasteiger charge is -2.18. The summed E-state index contributed by atoms with van der Waals surface area (Å²) >= 11 is 0. The molecule has 3 aromatic carbocycles. The predicted octanol–water partition coefficient (Wildman–Crippen LogP) is 6.94. The molecule has 41 heavy (non-hydrogen) atoms. The second kappa shape index (κ2) is 10.4. The number of imidazole rings is 1. The summed E-state index contributed by atoms with van der Waals surface area (Å²) in [7, 11) is 0. The Bertz CT molecular complexity index is 1840. The quantitative estimate of drug-likeness (QED) is 0.236. The number of nitrogens with one attached hydrogen (secondary N) is 1. The van der Waals surface area contributed by atoms with Crippen molar-refractivity contribution in [2.24, 2.45) is 0 Å². The average molecular weight is 544 g/mol. The molecule has 0 aliphatic heterocycles. The van der Waals surface area contributed by atoms with E-state index in [0.717, 1.165) is 64.1 Å². The topological polar surface area (TPSA) is 85.2 Å². The van der Waals surface area contributed by atoms with E-state index in [4.69, 9.17) is 9.97 Å². The van der Waals surface area contributed by atoms with Gasteiger partial charge in [-0.3, -0.25) is 0 Å². The molecule has 0 fully saturated rings. The zero-order valence-corrected chi connectivity index (χ0v) is 23.0. The van der Waals surface area contributed by atoms with Gasteiger partial charge in [0, 0.05) is 18.4 Å². The molecule has 7 rings (SSSR count). The first kappa shape index (κ1) is 25.3. The highest BCUT2D eigenvalue weighted by Crippen LogP contribution is 2.41. The van der Waals surface area contributed by atoms with Gasteiger partial charge in [-0.25, -0.2) is 14.4 Å². The molecule has 1 aliphatic carbocycles. The number of fused-ring (bicyclic) bond motifs is 2. The molecule has 0 saturated carbocycles. The summed E-state index contributed by atoms with van der Waals surface area (Å²) in [6.45, 7) is 4.13. The number of H-pyrrole nitrogens is 1. The summed E-state index contributed by atoms with van der Waals surface area (Å²) in [6, 6.07) is 26.5. The molecule has 6 aromatic rings. The summed E-state index contributed by atoms with van der Waals surface area (Å²) in [5.41, 5.74) is 9.72. The van der Waals surface area contributed by atoms with Crippen LogP contribution in [0.2, 0.25) is 0 Å². The molecule has 204 valence electrons. The normalized spacial score (nSPS) is 15.3. The molecule has 7 nitrogen and oxygen atoms in total. The molecule has 2 atom stereocenters. The Kier molecular flexibility index (Phi) is 6.38. The molecule has 8 heteroatoms. The number of aromatic nitrogens is 7. The van der Waals surface area contributed by atoms with Crippen LogP contribution in [0.15, 0.2) is 78.9 Å². The second-order valence-electron chi connectivity index (χ2n) is 10.7. The van der Waals surface area contributed by atoms with Crippen molar-refractivity contribution < 1.29 is 4.39 Å². The minimum absolute atomic E-state index is 0.0979. The predicted molar refractivity (Wildman–Crippen MR) is 157 cm³/mol. The summed E-state index contributed by atoms with van der Waals surface area (Å²) < 4.78 is 17.9. The van der Waals surface area contributed by atoms with Crippen LogP contribution in [-0.4, -0.2) is 35.2 Å². The SMILES string of the molecule is CCc1nc2c(C)cc(C(F)Cc3ccccc3)nc2n1[C@H]1CCc2cc(-c3ccccc3-c3nn[nH]n3)ccc21. The van der Waals surface area contributed by atoms with Gasteiger partial charge < -0.3 is 4.57 Å². The molecular weight excluding hydrogens is 513 g/mol. The highest BCUT2D eigenvalue weighted by molar-refractivity contribution is 5.81. The standard InChI is InChI=1S/C33H30FN7/c1-3-30-36-31-20(2)17-28(27(34)18-21-9-5-4-6-10-21)35-33(31)41(30)29-16-14-23-19-22(13-15-25(23)29)24-11-7-8-12-26(24)32-37-39-40-38-32/h4-13,15,17,19,27,29H,3,14,16,18H2,1-2H3,(H,37,38,39,40)/t27?,29-/m0/s1. The molecule has 1 N–H and O–H groups in total. The molecule has 1 aliphatic rings. The molecule has 0 radical (unpaired) electrons. The van der Waals surface area contributed by atoms with Crippen LogP contribution in [0.4, 0.5) is 4.39 Å². The van der Waals surface area contributed by atoms with Gasteiger partial charge in [-0.2, -0.15) is 5.21 Å². The van der Waals surface area contributed by atoms with Gasteiger partial charge in [-0.1, -0.05) is 79.7 Å². The number of nitrogens with zero attached hydrogens (tertiary/aromatic N) is 6. The maximum atomic E-state index is 15.6. The van der Waals surface area contributed by atoms with Gasteiger partial charge in [0.05, 0.1) is 11.7 Å². The molecule has 3 aromatic heterocycles. The number of pyridine rings is 1. The van der Waals surface area contributed by atoms with Crippen molar-refractivity contribution in [3.8, 4) is 22.5 Å². The average Bonchev–Trinajstić information content (AvgIpc) is 3.76. The molecule has 3 heterocycles. The number of hydrogen-bond acceptors (Lipinski definition) is 5. The fourth-order valence-electron chi connectivity index (χ4n) is 6.18. The molecular formula is C33H30FN7. The number of hydrogen-bond donors (Lipinski definition) is 1. The van der Waals surface area contributed by atoms with E-state index in [2.05, 4.69) is 56.4 Å². The van der Waals surface area contributed by atoms with Crippen LogP contribution in [0.5, 0.6) is 0 Å². The maximum Gasteiger partial charge on any atom is 0.205 e. The number of halogens is 1. The Labute approximate surface area is 237 Å².